The van der Waals surface area contributed by atoms with Crippen LogP contribution in [-0.2, 0) is 4.79 Å². The van der Waals surface area contributed by atoms with Crippen molar-refractivity contribution in [2.45, 2.75) is 25.8 Å². The minimum absolute atomic E-state index is 0.213. The number of nitrogens with one attached hydrogen (secondary N) is 1. The van der Waals surface area contributed by atoms with Crippen LogP contribution in [0.25, 0.3) is 0 Å². The van der Waals surface area contributed by atoms with Gasteiger partial charge < -0.3 is 10.2 Å². The molecule has 1 fully saturated rings. The molecule has 1 saturated heterocycles. The van der Waals surface area contributed by atoms with Crippen molar-refractivity contribution in [3.63, 3.8) is 0 Å². The Morgan fingerprint density at radius 3 is 2.79 bits per heavy atom. The van der Waals surface area contributed by atoms with Crippen LogP contribution < -0.4 is 5.32 Å². The maximum absolute atomic E-state index is 12.7. The Morgan fingerprint density at radius 2 is 2.12 bits per heavy atom. The lowest BCUT2D eigenvalue weighted by Gasteiger charge is -2.23. The molecule has 1 aromatic heterocycles. The van der Waals surface area contributed by atoms with Gasteiger partial charge in [0.15, 0.2) is 5.13 Å². The standard InChI is InChI=1S/C16H15Cl2N3O2S/c1-9-8-19-16(24-9)20-14(22)13-3-2-6-21(13)15(23)10-4-5-11(17)12(18)7-10/h4-5,7-8,13H,2-3,6H2,1H3,(H,19,20,22)/t13-/m0/s1. The monoisotopic (exact) mass is 383 g/mol. The normalized spacial score (nSPS) is 17.1. The third-order valence-electron chi connectivity index (χ3n) is 3.83. The number of rotatable bonds is 3. The van der Waals surface area contributed by atoms with E-state index in [0.29, 0.717) is 33.7 Å². The van der Waals surface area contributed by atoms with E-state index in [1.54, 1.807) is 23.2 Å². The molecule has 0 aliphatic carbocycles. The lowest BCUT2D eigenvalue weighted by atomic mass is 10.1. The largest absolute Gasteiger partial charge is 0.327 e. The molecule has 126 valence electrons. The number of nitrogens with zero attached hydrogens (tertiary/aromatic N) is 2. The van der Waals surface area contributed by atoms with Crippen LogP contribution in [0.15, 0.2) is 24.4 Å². The van der Waals surface area contributed by atoms with Gasteiger partial charge in [0.25, 0.3) is 5.91 Å². The molecular formula is C16H15Cl2N3O2S. The Labute approximate surface area is 153 Å². The van der Waals surface area contributed by atoms with Crippen molar-refractivity contribution in [2.24, 2.45) is 0 Å². The fraction of sp³-hybridized carbons (Fsp3) is 0.312. The Kier molecular flexibility index (Phi) is 5.08. The van der Waals surface area contributed by atoms with E-state index in [0.717, 1.165) is 11.3 Å². The Balaban J connectivity index is 1.75. The number of carbonyl (C=O) groups excluding carboxylic acids is 2. The molecule has 0 bridgehead atoms. The molecule has 1 atom stereocenters. The number of carbonyl (C=O) groups is 2. The van der Waals surface area contributed by atoms with Gasteiger partial charge in [-0.15, -0.1) is 11.3 Å². The van der Waals surface area contributed by atoms with Crippen molar-refractivity contribution in [3.05, 3.63) is 44.9 Å². The number of halogens is 2. The highest BCUT2D eigenvalue weighted by molar-refractivity contribution is 7.15. The fourth-order valence-corrected chi connectivity index (χ4v) is 3.64. The second kappa shape index (κ2) is 7.09. The maximum Gasteiger partial charge on any atom is 0.254 e. The van der Waals surface area contributed by atoms with Gasteiger partial charge in [-0.3, -0.25) is 9.59 Å². The SMILES string of the molecule is Cc1cnc(NC(=O)[C@@H]2CCCN2C(=O)c2ccc(Cl)c(Cl)c2)s1. The molecule has 0 spiro atoms. The van der Waals surface area contributed by atoms with E-state index in [-0.39, 0.29) is 11.8 Å². The smallest absolute Gasteiger partial charge is 0.254 e. The average molecular weight is 384 g/mol. The highest BCUT2D eigenvalue weighted by atomic mass is 35.5. The molecular weight excluding hydrogens is 369 g/mol. The van der Waals surface area contributed by atoms with Gasteiger partial charge >= 0.3 is 0 Å². The average Bonchev–Trinajstić information content (AvgIpc) is 3.18. The molecule has 2 amide bonds. The molecule has 2 aromatic rings. The fourth-order valence-electron chi connectivity index (χ4n) is 2.68. The van der Waals surface area contributed by atoms with Gasteiger partial charge in [-0.1, -0.05) is 23.2 Å². The summed E-state index contributed by atoms with van der Waals surface area (Å²) in [5.74, 6) is -0.434. The number of likely N-dealkylation sites (tertiary alicyclic amines) is 1. The first-order valence-corrected chi connectivity index (χ1v) is 9.02. The highest BCUT2D eigenvalue weighted by Gasteiger charge is 2.35. The molecule has 1 N–H and O–H groups in total. The number of hydrogen-bond donors (Lipinski definition) is 1. The highest BCUT2D eigenvalue weighted by Crippen LogP contribution is 2.26. The first kappa shape index (κ1) is 17.2. The second-order valence-corrected chi connectivity index (χ2v) is 7.60. The predicted molar refractivity (Wildman–Crippen MR) is 96.0 cm³/mol. The number of amides is 2. The third kappa shape index (κ3) is 3.55. The van der Waals surface area contributed by atoms with Crippen LogP contribution in [0, 0.1) is 6.92 Å². The molecule has 5 nitrogen and oxygen atoms in total. The molecule has 0 radical (unpaired) electrons. The van der Waals surface area contributed by atoms with Gasteiger partial charge in [0, 0.05) is 23.2 Å². The van der Waals surface area contributed by atoms with E-state index in [2.05, 4.69) is 10.3 Å². The van der Waals surface area contributed by atoms with Crippen molar-refractivity contribution in [1.82, 2.24) is 9.88 Å². The van der Waals surface area contributed by atoms with Gasteiger partial charge in [-0.05, 0) is 38.0 Å². The zero-order valence-corrected chi connectivity index (χ0v) is 15.2. The lowest BCUT2D eigenvalue weighted by Crippen LogP contribution is -2.43. The predicted octanol–water partition coefficient (Wildman–Crippen LogP) is 4.00. The summed E-state index contributed by atoms with van der Waals surface area (Å²) in [6, 6.07) is 4.23. The summed E-state index contributed by atoms with van der Waals surface area (Å²) in [6.45, 7) is 2.46. The van der Waals surface area contributed by atoms with Gasteiger partial charge in [0.2, 0.25) is 5.91 Å². The lowest BCUT2D eigenvalue weighted by molar-refractivity contribution is -0.119. The molecule has 8 heteroatoms. The minimum atomic E-state index is -0.504. The van der Waals surface area contributed by atoms with Crippen molar-refractivity contribution < 1.29 is 9.59 Å². The van der Waals surface area contributed by atoms with Gasteiger partial charge in [0.1, 0.15) is 6.04 Å². The summed E-state index contributed by atoms with van der Waals surface area (Å²) in [4.78, 5) is 31.9. The molecule has 3 rings (SSSR count). The Morgan fingerprint density at radius 1 is 1.33 bits per heavy atom. The topological polar surface area (TPSA) is 62.3 Å². The quantitative estimate of drug-likeness (QED) is 0.870. The zero-order valence-electron chi connectivity index (χ0n) is 12.9. The van der Waals surface area contributed by atoms with Crippen LogP contribution in [0.5, 0.6) is 0 Å². The number of thiazole rings is 1. The number of aryl methyl sites for hydroxylation is 1. The van der Waals surface area contributed by atoms with Crippen LogP contribution in [0.4, 0.5) is 5.13 Å². The van der Waals surface area contributed by atoms with Crippen LogP contribution in [0.1, 0.15) is 28.1 Å². The molecule has 2 heterocycles. The van der Waals surface area contributed by atoms with E-state index in [9.17, 15) is 9.59 Å². The van der Waals surface area contributed by atoms with Crippen molar-refractivity contribution >= 4 is 51.5 Å². The van der Waals surface area contributed by atoms with E-state index in [1.165, 1.54) is 17.4 Å². The first-order chi connectivity index (χ1) is 11.5. The van der Waals surface area contributed by atoms with E-state index in [4.69, 9.17) is 23.2 Å². The molecule has 1 aromatic carbocycles. The summed E-state index contributed by atoms with van der Waals surface area (Å²) < 4.78 is 0. The Bertz CT molecular complexity index is 793. The molecule has 1 aliphatic heterocycles. The third-order valence-corrected chi connectivity index (χ3v) is 5.40. The first-order valence-electron chi connectivity index (χ1n) is 7.45. The number of benzene rings is 1. The van der Waals surface area contributed by atoms with Crippen LogP contribution in [-0.4, -0.2) is 34.3 Å². The van der Waals surface area contributed by atoms with Crippen molar-refractivity contribution in [2.75, 3.05) is 11.9 Å². The molecule has 24 heavy (non-hydrogen) atoms. The summed E-state index contributed by atoms with van der Waals surface area (Å²) >= 11 is 13.3. The van der Waals surface area contributed by atoms with Crippen molar-refractivity contribution in [1.29, 1.82) is 0 Å². The summed E-state index contributed by atoms with van der Waals surface area (Å²) in [5, 5.41) is 4.05. The molecule has 0 unspecified atom stereocenters. The maximum atomic E-state index is 12.7. The van der Waals surface area contributed by atoms with Crippen LogP contribution in [0.3, 0.4) is 0 Å². The molecule has 0 saturated carbocycles. The number of hydrogen-bond acceptors (Lipinski definition) is 4. The van der Waals surface area contributed by atoms with Crippen LogP contribution >= 0.6 is 34.5 Å². The summed E-state index contributed by atoms with van der Waals surface area (Å²) in [7, 11) is 0. The Hall–Kier alpha value is -1.63. The van der Waals surface area contributed by atoms with Gasteiger partial charge in [0.05, 0.1) is 10.0 Å². The number of anilines is 1. The summed E-state index contributed by atoms with van der Waals surface area (Å²) in [5.41, 5.74) is 0.425. The minimum Gasteiger partial charge on any atom is -0.327 e. The van der Waals surface area contributed by atoms with E-state index >= 15 is 0 Å². The van der Waals surface area contributed by atoms with Gasteiger partial charge in [-0.2, -0.15) is 0 Å². The second-order valence-electron chi connectivity index (χ2n) is 5.55. The van der Waals surface area contributed by atoms with Crippen molar-refractivity contribution in [3.8, 4) is 0 Å². The number of aromatic nitrogens is 1. The van der Waals surface area contributed by atoms with Gasteiger partial charge in [-0.25, -0.2) is 4.98 Å². The zero-order chi connectivity index (χ0) is 17.3. The van der Waals surface area contributed by atoms with E-state index in [1.807, 2.05) is 6.92 Å². The van der Waals surface area contributed by atoms with Crippen LogP contribution in [0.2, 0.25) is 10.0 Å². The molecule has 1 aliphatic rings. The summed E-state index contributed by atoms with van der Waals surface area (Å²) in [6.07, 6.45) is 3.11. The van der Waals surface area contributed by atoms with E-state index < -0.39 is 6.04 Å².